The van der Waals surface area contributed by atoms with E-state index in [0.29, 0.717) is 0 Å². The monoisotopic (exact) mass is 294 g/mol. The highest BCUT2D eigenvalue weighted by molar-refractivity contribution is 7.08. The van der Waals surface area contributed by atoms with Gasteiger partial charge in [-0.2, -0.15) is 0 Å². The Morgan fingerprint density at radius 1 is 0.667 bits per heavy atom. The third-order valence-electron chi connectivity index (χ3n) is 3.31. The van der Waals surface area contributed by atoms with Gasteiger partial charge >= 0.3 is 0 Å². The number of hydrogen-bond acceptors (Lipinski definition) is 0. The molecule has 0 N–H and O–H groups in total. The van der Waals surface area contributed by atoms with Gasteiger partial charge < -0.3 is 0 Å². The first-order valence-corrected chi connectivity index (χ1v) is 17.4. The highest BCUT2D eigenvalue weighted by atomic mass is 28.4. The van der Waals surface area contributed by atoms with Crippen molar-refractivity contribution in [1.82, 2.24) is 0 Å². The molecular formula is C15H30Si3. The standard InChI is InChI=1S/C15H30Si3/c1-16(2,3)13-18(7,14-17(4,5)6)15-11-9-8-10-12-15/h8-12H,13-14H2,1-7H3. The molecule has 0 saturated heterocycles. The fourth-order valence-electron chi connectivity index (χ4n) is 3.45. The van der Waals surface area contributed by atoms with E-state index in [1.54, 1.807) is 5.19 Å². The van der Waals surface area contributed by atoms with Crippen LogP contribution in [0, 0.1) is 0 Å². The van der Waals surface area contributed by atoms with Crippen molar-refractivity contribution in [3.05, 3.63) is 30.3 Å². The van der Waals surface area contributed by atoms with E-state index in [9.17, 15) is 0 Å². The Hall–Kier alpha value is -0.129. The molecular weight excluding hydrogens is 264 g/mol. The third kappa shape index (κ3) is 5.24. The molecule has 102 valence electrons. The van der Waals surface area contributed by atoms with Crippen molar-refractivity contribution in [1.29, 1.82) is 0 Å². The summed E-state index contributed by atoms with van der Waals surface area (Å²) in [5, 5.41) is 1.69. The van der Waals surface area contributed by atoms with Crippen LogP contribution in [0.4, 0.5) is 0 Å². The molecule has 0 radical (unpaired) electrons. The molecule has 0 saturated carbocycles. The van der Waals surface area contributed by atoms with E-state index in [1.807, 2.05) is 0 Å². The first kappa shape index (κ1) is 15.9. The molecule has 0 aliphatic heterocycles. The highest BCUT2D eigenvalue weighted by Gasteiger charge is 2.38. The summed E-state index contributed by atoms with van der Waals surface area (Å²) in [6.07, 6.45) is 0. The Labute approximate surface area is 117 Å². The highest BCUT2D eigenvalue weighted by Crippen LogP contribution is 2.28. The molecule has 0 aromatic heterocycles. The summed E-state index contributed by atoms with van der Waals surface area (Å²) in [5.74, 6) is 0. The molecule has 0 unspecified atom stereocenters. The van der Waals surface area contributed by atoms with Gasteiger partial charge in [-0.15, -0.1) is 0 Å². The lowest BCUT2D eigenvalue weighted by Gasteiger charge is -2.37. The first-order chi connectivity index (χ1) is 8.02. The van der Waals surface area contributed by atoms with Gasteiger partial charge in [-0.25, -0.2) is 0 Å². The average Bonchev–Trinajstić information content (AvgIpc) is 2.13. The lowest BCUT2D eigenvalue weighted by Crippen LogP contribution is -2.54. The van der Waals surface area contributed by atoms with Gasteiger partial charge in [0.25, 0.3) is 0 Å². The second-order valence-electron chi connectivity index (χ2n) is 8.40. The molecule has 1 aromatic rings. The summed E-state index contributed by atoms with van der Waals surface area (Å²) in [4.78, 5) is 0. The van der Waals surface area contributed by atoms with Gasteiger partial charge in [-0.05, 0) is 0 Å². The van der Waals surface area contributed by atoms with Gasteiger partial charge in [0.05, 0.1) is 8.07 Å². The Bertz CT molecular complexity index is 355. The van der Waals surface area contributed by atoms with Crippen molar-refractivity contribution >= 4 is 29.4 Å². The minimum Gasteiger partial charge on any atom is -0.0697 e. The zero-order valence-electron chi connectivity index (χ0n) is 13.3. The molecule has 0 nitrogen and oxygen atoms in total. The predicted octanol–water partition coefficient (Wildman–Crippen LogP) is 4.73. The summed E-state index contributed by atoms with van der Waals surface area (Å²) in [6.45, 7) is 17.8. The molecule has 1 rings (SSSR count). The summed E-state index contributed by atoms with van der Waals surface area (Å²) in [5.41, 5.74) is 3.07. The molecule has 0 atom stereocenters. The quantitative estimate of drug-likeness (QED) is 0.689. The molecule has 0 aliphatic carbocycles. The van der Waals surface area contributed by atoms with Crippen molar-refractivity contribution in [3.8, 4) is 0 Å². The topological polar surface area (TPSA) is 0 Å². The molecule has 0 bridgehead atoms. The minimum atomic E-state index is -1.27. The summed E-state index contributed by atoms with van der Waals surface area (Å²) >= 11 is 0. The van der Waals surface area contributed by atoms with Crippen LogP contribution in [0.25, 0.3) is 0 Å². The lowest BCUT2D eigenvalue weighted by atomic mass is 10.4. The molecule has 18 heavy (non-hydrogen) atoms. The zero-order valence-corrected chi connectivity index (χ0v) is 16.3. The van der Waals surface area contributed by atoms with Gasteiger partial charge in [0.2, 0.25) is 0 Å². The van der Waals surface area contributed by atoms with Crippen LogP contribution in [-0.4, -0.2) is 24.2 Å². The first-order valence-electron chi connectivity index (χ1n) is 7.07. The van der Waals surface area contributed by atoms with Crippen molar-refractivity contribution in [2.75, 3.05) is 0 Å². The Morgan fingerprint density at radius 2 is 1.06 bits per heavy atom. The van der Waals surface area contributed by atoms with Gasteiger partial charge in [0.1, 0.15) is 0 Å². The lowest BCUT2D eigenvalue weighted by molar-refractivity contribution is 1.46. The number of benzene rings is 1. The average molecular weight is 295 g/mol. The van der Waals surface area contributed by atoms with Crippen LogP contribution in [-0.2, 0) is 0 Å². The van der Waals surface area contributed by atoms with E-state index in [1.165, 1.54) is 11.3 Å². The zero-order chi connectivity index (χ0) is 14.0. The normalized spacial score (nSPS) is 13.7. The van der Waals surface area contributed by atoms with Gasteiger partial charge in [-0.3, -0.25) is 0 Å². The maximum atomic E-state index is 2.64. The number of hydrogen-bond donors (Lipinski definition) is 0. The maximum absolute atomic E-state index is 2.64. The van der Waals surface area contributed by atoms with Crippen molar-refractivity contribution in [2.45, 2.75) is 57.2 Å². The molecule has 1 aromatic carbocycles. The number of rotatable bonds is 5. The second-order valence-corrected chi connectivity index (χ2v) is 25.2. The largest absolute Gasteiger partial charge is 0.0785 e. The Morgan fingerprint density at radius 3 is 1.39 bits per heavy atom. The Balaban J connectivity index is 3.09. The molecule has 0 amide bonds. The van der Waals surface area contributed by atoms with Crippen molar-refractivity contribution in [2.24, 2.45) is 0 Å². The summed E-state index contributed by atoms with van der Waals surface area (Å²) in [7, 11) is -3.26. The van der Waals surface area contributed by atoms with E-state index in [0.717, 1.165) is 0 Å². The molecule has 0 spiro atoms. The smallest absolute Gasteiger partial charge is 0.0697 e. The summed E-state index contributed by atoms with van der Waals surface area (Å²) < 4.78 is 0. The van der Waals surface area contributed by atoms with Crippen LogP contribution in [0.5, 0.6) is 0 Å². The Kier molecular flexibility index (Phi) is 4.84. The van der Waals surface area contributed by atoms with Gasteiger partial charge in [0, 0.05) is 16.1 Å². The predicted molar refractivity (Wildman–Crippen MR) is 94.0 cm³/mol. The van der Waals surface area contributed by atoms with Crippen LogP contribution < -0.4 is 5.19 Å². The fourth-order valence-corrected chi connectivity index (χ4v) is 26.4. The third-order valence-corrected chi connectivity index (χ3v) is 19.8. The van der Waals surface area contributed by atoms with Crippen LogP contribution in [0.3, 0.4) is 0 Å². The van der Waals surface area contributed by atoms with Crippen LogP contribution >= 0.6 is 0 Å². The van der Waals surface area contributed by atoms with Crippen molar-refractivity contribution < 1.29 is 0 Å². The van der Waals surface area contributed by atoms with Crippen LogP contribution in [0.15, 0.2) is 30.3 Å². The van der Waals surface area contributed by atoms with E-state index in [2.05, 4.69) is 76.2 Å². The molecule has 0 heterocycles. The minimum absolute atomic E-state index is 0.991. The van der Waals surface area contributed by atoms with Gasteiger partial charge in [0.15, 0.2) is 0 Å². The molecule has 0 aliphatic rings. The van der Waals surface area contributed by atoms with E-state index < -0.39 is 24.2 Å². The molecule has 3 heteroatoms. The van der Waals surface area contributed by atoms with E-state index in [-0.39, 0.29) is 0 Å². The van der Waals surface area contributed by atoms with Crippen LogP contribution in [0.2, 0.25) is 57.2 Å². The van der Waals surface area contributed by atoms with Crippen molar-refractivity contribution in [3.63, 3.8) is 0 Å². The fraction of sp³-hybridized carbons (Fsp3) is 0.600. The maximum Gasteiger partial charge on any atom is 0.0785 e. The SMILES string of the molecule is C[Si](C)(C)C[Si](C)(C[Si](C)(C)C)c1ccccc1. The van der Waals surface area contributed by atoms with Crippen LogP contribution in [0.1, 0.15) is 0 Å². The van der Waals surface area contributed by atoms with Gasteiger partial charge in [-0.1, -0.05) is 92.7 Å². The van der Waals surface area contributed by atoms with E-state index >= 15 is 0 Å². The molecule has 0 fully saturated rings. The summed E-state index contributed by atoms with van der Waals surface area (Å²) in [6, 6.07) is 11.4. The second kappa shape index (κ2) is 5.47. The van der Waals surface area contributed by atoms with E-state index in [4.69, 9.17) is 0 Å².